The van der Waals surface area contributed by atoms with Crippen LogP contribution in [0.25, 0.3) is 5.57 Å². The Balaban J connectivity index is 1.04. The van der Waals surface area contributed by atoms with E-state index in [9.17, 15) is 38.5 Å². The third kappa shape index (κ3) is 8.20. The first-order valence-corrected chi connectivity index (χ1v) is 19.9. The Bertz CT molecular complexity index is 1860. The van der Waals surface area contributed by atoms with E-state index in [1.165, 1.54) is 19.1 Å². The van der Waals surface area contributed by atoms with Gasteiger partial charge in [0.15, 0.2) is 23.3 Å². The van der Waals surface area contributed by atoms with Crippen molar-refractivity contribution in [1.29, 1.82) is 0 Å². The van der Waals surface area contributed by atoms with Gasteiger partial charge in [-0.2, -0.15) is 4.99 Å². The van der Waals surface area contributed by atoms with E-state index in [-0.39, 0.29) is 88.0 Å². The third-order valence-corrected chi connectivity index (χ3v) is 14.3. The van der Waals surface area contributed by atoms with E-state index >= 15 is 0 Å². The number of nitrogens with one attached hydrogen (secondary N) is 1. The second kappa shape index (κ2) is 16.2. The number of aliphatic carboxylic acids is 1. The Hall–Kier alpha value is -4.36. The molecular weight excluding hydrogens is 722 g/mol. The van der Waals surface area contributed by atoms with Crippen LogP contribution in [0.4, 0.5) is 8.78 Å². The lowest BCUT2D eigenvalue weighted by Crippen LogP contribution is -2.63. The van der Waals surface area contributed by atoms with Gasteiger partial charge in [-0.05, 0) is 146 Å². The summed E-state index contributed by atoms with van der Waals surface area (Å²) in [6.07, 6.45) is 6.47. The Kier molecular flexibility index (Phi) is 12.0. The molecular formula is C43H56F2N4O7. The van der Waals surface area contributed by atoms with Crippen LogP contribution in [0.15, 0.2) is 47.5 Å². The normalized spacial score (nSPS) is 33.0. The number of aliphatic hydroxyl groups excluding tert-OH is 2. The van der Waals surface area contributed by atoms with Crippen LogP contribution in [-0.4, -0.2) is 57.3 Å². The van der Waals surface area contributed by atoms with Gasteiger partial charge in [0.05, 0.1) is 18.6 Å². The van der Waals surface area contributed by atoms with Gasteiger partial charge in [0, 0.05) is 18.5 Å². The van der Waals surface area contributed by atoms with Crippen LogP contribution < -0.4 is 21.5 Å². The van der Waals surface area contributed by atoms with Gasteiger partial charge in [0.2, 0.25) is 5.91 Å². The molecule has 4 aliphatic carbocycles. The maximum absolute atomic E-state index is 14.9. The predicted molar refractivity (Wildman–Crippen MR) is 207 cm³/mol. The lowest BCUT2D eigenvalue weighted by molar-refractivity contribution is -0.202. The molecule has 2 aromatic rings. The molecule has 304 valence electrons. The number of hydrogen-bond donors (Lipinski definition) is 6. The number of nitrogens with zero attached hydrogens (tertiary/aromatic N) is 1. The fourth-order valence-corrected chi connectivity index (χ4v) is 11.4. The molecule has 4 fully saturated rings. The minimum atomic E-state index is -0.972. The number of nitrogens with two attached hydrogens (primary N) is 2. The van der Waals surface area contributed by atoms with Gasteiger partial charge in [-0.15, -0.1) is 0 Å². The summed E-state index contributed by atoms with van der Waals surface area (Å²) in [6.45, 7) is 8.12. The number of rotatable bonds is 11. The lowest BCUT2D eigenvalue weighted by Gasteiger charge is -2.63. The molecule has 0 radical (unpaired) electrons. The van der Waals surface area contributed by atoms with Crippen molar-refractivity contribution in [2.45, 2.75) is 110 Å². The number of guanidine groups is 1. The third-order valence-electron chi connectivity index (χ3n) is 14.3. The van der Waals surface area contributed by atoms with E-state index in [0.717, 1.165) is 50.3 Å². The highest BCUT2D eigenvalue weighted by atomic mass is 19.1. The molecule has 8 N–H and O–H groups in total. The predicted octanol–water partition coefficient (Wildman–Crippen LogP) is 6.09. The quantitative estimate of drug-likeness (QED) is 0.0889. The number of hydrogen-bond acceptors (Lipinski definition) is 6. The molecule has 4 aliphatic rings. The lowest BCUT2D eigenvalue weighted by atomic mass is 9.43. The standard InChI is InChI=1S/C43H56F2N4O7/c1-22(5-12-38(54)55)29-10-11-30-39-31(21-35(51)43(29,30)4)42(3)14-13-27(19-26(42)20-34(39)50)48-37(53)16-24-6-8-28(9-7-24)56-40-32(44)17-25(18-33(40)45)23(2)15-36(52)49-41(46)47/h6-9,15,17-18,22,26-27,29-31,34-35,39,50-51H,5,10-14,16,19-21H2,1-4H3,(H,48,53)(H,54,55)(H4,46,47,49,52). The average Bonchev–Trinajstić information content (AvgIpc) is 3.48. The van der Waals surface area contributed by atoms with Crippen molar-refractivity contribution in [3.63, 3.8) is 0 Å². The molecule has 4 saturated carbocycles. The number of halogens is 2. The highest BCUT2D eigenvalue weighted by Crippen LogP contribution is 2.68. The maximum atomic E-state index is 14.9. The molecule has 0 aliphatic heterocycles. The topological polar surface area (TPSA) is 198 Å². The van der Waals surface area contributed by atoms with Gasteiger partial charge < -0.3 is 36.8 Å². The summed E-state index contributed by atoms with van der Waals surface area (Å²) in [5.74, 6) is -3.49. The summed E-state index contributed by atoms with van der Waals surface area (Å²) < 4.78 is 35.4. The number of amides is 2. The molecule has 0 spiro atoms. The van der Waals surface area contributed by atoms with Gasteiger partial charge in [0.25, 0.3) is 5.91 Å². The summed E-state index contributed by atoms with van der Waals surface area (Å²) in [6, 6.07) is 8.44. The van der Waals surface area contributed by atoms with Crippen LogP contribution in [0.1, 0.15) is 96.6 Å². The van der Waals surface area contributed by atoms with Gasteiger partial charge in [-0.3, -0.25) is 14.4 Å². The zero-order chi connectivity index (χ0) is 40.7. The first-order valence-electron chi connectivity index (χ1n) is 19.9. The number of carboxylic acid groups (broad SMARTS) is 1. The van der Waals surface area contributed by atoms with E-state index in [2.05, 4.69) is 31.1 Å². The molecule has 56 heavy (non-hydrogen) atoms. The summed E-state index contributed by atoms with van der Waals surface area (Å²) >= 11 is 0. The number of fused-ring (bicyclic) bond motifs is 5. The number of aliphatic hydroxyl groups is 2. The van der Waals surface area contributed by atoms with Crippen LogP contribution >= 0.6 is 0 Å². The SMILES string of the molecule is CC(=CC(=O)N=C(N)N)c1cc(F)c(Oc2ccc(CC(=O)NC3CCC4(C)C(C3)CC(O)C3C4CC(O)C4(C)C(C(C)CCC(=O)O)CCC34)cc2)c(F)c1. The van der Waals surface area contributed by atoms with Crippen molar-refractivity contribution in [3.05, 3.63) is 65.2 Å². The van der Waals surface area contributed by atoms with Gasteiger partial charge >= 0.3 is 5.97 Å². The highest BCUT2D eigenvalue weighted by molar-refractivity contribution is 6.01. The first-order chi connectivity index (χ1) is 26.4. The molecule has 0 heterocycles. The van der Waals surface area contributed by atoms with Crippen molar-refractivity contribution in [1.82, 2.24) is 5.32 Å². The number of carbonyl (C=O) groups excluding carboxylic acids is 2. The molecule has 0 aromatic heterocycles. The van der Waals surface area contributed by atoms with Crippen LogP contribution in [0.2, 0.25) is 0 Å². The van der Waals surface area contributed by atoms with E-state index in [0.29, 0.717) is 24.8 Å². The molecule has 0 saturated heterocycles. The molecule has 11 unspecified atom stereocenters. The Morgan fingerprint density at radius 2 is 1.70 bits per heavy atom. The van der Waals surface area contributed by atoms with Crippen molar-refractivity contribution in [2.75, 3.05) is 0 Å². The van der Waals surface area contributed by atoms with Crippen molar-refractivity contribution in [2.24, 2.45) is 62.8 Å². The van der Waals surface area contributed by atoms with Crippen LogP contribution in [-0.2, 0) is 20.8 Å². The molecule has 2 aromatic carbocycles. The van der Waals surface area contributed by atoms with Gasteiger partial charge in [-0.1, -0.05) is 32.9 Å². The van der Waals surface area contributed by atoms with Crippen molar-refractivity contribution < 1.29 is 43.2 Å². The Morgan fingerprint density at radius 1 is 1.02 bits per heavy atom. The number of ether oxygens (including phenoxy) is 1. The van der Waals surface area contributed by atoms with Crippen LogP contribution in [0, 0.1) is 58.0 Å². The molecule has 2 amide bonds. The highest BCUT2D eigenvalue weighted by Gasteiger charge is 2.65. The minimum absolute atomic E-state index is 0.0475. The number of carboxylic acids is 1. The fourth-order valence-electron chi connectivity index (χ4n) is 11.4. The monoisotopic (exact) mass is 778 g/mol. The van der Waals surface area contributed by atoms with E-state index < -0.39 is 47.4 Å². The zero-order valence-corrected chi connectivity index (χ0v) is 32.6. The number of carbonyl (C=O) groups is 3. The van der Waals surface area contributed by atoms with Crippen LogP contribution in [0.3, 0.4) is 0 Å². The summed E-state index contributed by atoms with van der Waals surface area (Å²) in [5, 5.41) is 36.1. The zero-order valence-electron chi connectivity index (χ0n) is 32.6. The molecule has 0 bridgehead atoms. The number of allylic oxidation sites excluding steroid dienone is 1. The Labute approximate surface area is 327 Å². The number of aliphatic imine (C=N–C) groups is 1. The first kappa shape index (κ1) is 41.3. The van der Waals surface area contributed by atoms with E-state index in [1.807, 2.05) is 0 Å². The van der Waals surface area contributed by atoms with Crippen molar-refractivity contribution in [3.8, 4) is 11.5 Å². The molecule has 11 nitrogen and oxygen atoms in total. The number of benzene rings is 2. The smallest absolute Gasteiger partial charge is 0.303 e. The maximum Gasteiger partial charge on any atom is 0.303 e. The average molecular weight is 779 g/mol. The summed E-state index contributed by atoms with van der Waals surface area (Å²) in [4.78, 5) is 39.8. The van der Waals surface area contributed by atoms with Gasteiger partial charge in [-0.25, -0.2) is 8.78 Å². The van der Waals surface area contributed by atoms with E-state index in [4.69, 9.17) is 16.2 Å². The minimum Gasteiger partial charge on any atom is -0.481 e. The molecule has 11 atom stereocenters. The largest absolute Gasteiger partial charge is 0.481 e. The Morgan fingerprint density at radius 3 is 2.34 bits per heavy atom. The van der Waals surface area contributed by atoms with Crippen molar-refractivity contribution >= 4 is 29.3 Å². The molecule has 6 rings (SSSR count). The van der Waals surface area contributed by atoms with Gasteiger partial charge in [0.1, 0.15) is 5.75 Å². The van der Waals surface area contributed by atoms with Crippen LogP contribution in [0.5, 0.6) is 11.5 Å². The molecule has 13 heteroatoms. The second-order valence-electron chi connectivity index (χ2n) is 17.4. The summed E-state index contributed by atoms with van der Waals surface area (Å²) in [7, 11) is 0. The van der Waals surface area contributed by atoms with E-state index in [1.54, 1.807) is 12.1 Å². The second-order valence-corrected chi connectivity index (χ2v) is 17.4. The fraction of sp³-hybridized carbons (Fsp3) is 0.581. The summed E-state index contributed by atoms with van der Waals surface area (Å²) in [5.41, 5.74) is 11.0.